The molecule has 0 saturated carbocycles. The van der Waals surface area contributed by atoms with E-state index in [1.807, 2.05) is 12.1 Å². The molecule has 6 nitrogen and oxygen atoms in total. The van der Waals surface area contributed by atoms with Crippen LogP contribution in [0.3, 0.4) is 0 Å². The number of aromatic nitrogens is 1. The van der Waals surface area contributed by atoms with Crippen molar-refractivity contribution in [2.24, 2.45) is 5.73 Å². The first-order chi connectivity index (χ1) is 13.1. The number of carbonyl (C=O) groups excluding carboxylic acids is 3. The molecule has 0 bridgehead atoms. The van der Waals surface area contributed by atoms with Crippen molar-refractivity contribution < 1.29 is 14.4 Å². The number of carbonyl (C=O) groups is 3. The molecule has 0 spiro atoms. The molecular formula is C21H19N3O3. The molecule has 1 aromatic carbocycles. The van der Waals surface area contributed by atoms with Crippen LogP contribution in [0.4, 0.5) is 5.69 Å². The van der Waals surface area contributed by atoms with Gasteiger partial charge in [0.1, 0.15) is 0 Å². The second kappa shape index (κ2) is 6.79. The van der Waals surface area contributed by atoms with E-state index in [2.05, 4.69) is 4.98 Å². The van der Waals surface area contributed by atoms with E-state index in [-0.39, 0.29) is 29.6 Å². The van der Waals surface area contributed by atoms with Gasteiger partial charge in [0.15, 0.2) is 5.78 Å². The van der Waals surface area contributed by atoms with E-state index >= 15 is 0 Å². The highest BCUT2D eigenvalue weighted by atomic mass is 16.2. The molecule has 1 aromatic heterocycles. The number of allylic oxidation sites excluding steroid dienone is 2. The second-order valence-electron chi connectivity index (χ2n) is 6.78. The van der Waals surface area contributed by atoms with Crippen LogP contribution >= 0.6 is 0 Å². The zero-order chi connectivity index (χ0) is 19.0. The van der Waals surface area contributed by atoms with Crippen LogP contribution < -0.4 is 10.6 Å². The Balaban J connectivity index is 1.90. The number of primary amides is 1. The molecular weight excluding hydrogens is 342 g/mol. The van der Waals surface area contributed by atoms with E-state index in [9.17, 15) is 14.4 Å². The first-order valence-corrected chi connectivity index (χ1v) is 8.96. The number of ketones is 1. The molecule has 0 radical (unpaired) electrons. The van der Waals surface area contributed by atoms with Gasteiger partial charge in [0.05, 0.1) is 11.3 Å². The molecule has 0 fully saturated rings. The summed E-state index contributed by atoms with van der Waals surface area (Å²) < 4.78 is 0. The van der Waals surface area contributed by atoms with Crippen molar-refractivity contribution in [2.45, 2.75) is 31.6 Å². The Bertz CT molecular complexity index is 966. The minimum Gasteiger partial charge on any atom is -0.366 e. The van der Waals surface area contributed by atoms with Crippen LogP contribution in [-0.2, 0) is 9.59 Å². The molecule has 1 atom stereocenters. The predicted molar refractivity (Wildman–Crippen MR) is 99.9 cm³/mol. The van der Waals surface area contributed by atoms with Gasteiger partial charge in [-0.1, -0.05) is 12.1 Å². The highest BCUT2D eigenvalue weighted by molar-refractivity contribution is 6.10. The molecule has 2 N–H and O–H groups in total. The van der Waals surface area contributed by atoms with Gasteiger partial charge in [-0.3, -0.25) is 24.3 Å². The molecule has 1 aliphatic carbocycles. The molecule has 0 saturated heterocycles. The fourth-order valence-corrected chi connectivity index (χ4v) is 4.03. The number of nitrogens with zero attached hydrogens (tertiary/aromatic N) is 2. The Morgan fingerprint density at radius 1 is 1.07 bits per heavy atom. The molecule has 1 aliphatic heterocycles. The Hall–Kier alpha value is -3.28. The van der Waals surface area contributed by atoms with Crippen LogP contribution in [0, 0.1) is 0 Å². The lowest BCUT2D eigenvalue weighted by Gasteiger charge is -2.38. The number of pyridine rings is 1. The van der Waals surface area contributed by atoms with Crippen LogP contribution in [0.5, 0.6) is 0 Å². The second-order valence-corrected chi connectivity index (χ2v) is 6.78. The van der Waals surface area contributed by atoms with Gasteiger partial charge in [0.25, 0.3) is 5.91 Å². The monoisotopic (exact) mass is 361 g/mol. The molecule has 6 heteroatoms. The van der Waals surface area contributed by atoms with E-state index in [1.165, 1.54) is 4.90 Å². The SMILES string of the molecule is NC(=O)c1ccccc1N1C(=O)CC(c2ccncc2)C2=C1CCCC2=O. The van der Waals surface area contributed by atoms with E-state index in [0.29, 0.717) is 36.2 Å². The maximum atomic E-state index is 13.1. The molecule has 4 rings (SSSR count). The number of hydrogen-bond acceptors (Lipinski definition) is 4. The van der Waals surface area contributed by atoms with Gasteiger partial charge in [-0.2, -0.15) is 0 Å². The number of benzene rings is 1. The fourth-order valence-electron chi connectivity index (χ4n) is 4.03. The van der Waals surface area contributed by atoms with Crippen molar-refractivity contribution >= 4 is 23.3 Å². The highest BCUT2D eigenvalue weighted by Crippen LogP contribution is 2.43. The normalized spacial score (nSPS) is 19.9. The third-order valence-corrected chi connectivity index (χ3v) is 5.19. The summed E-state index contributed by atoms with van der Waals surface area (Å²) in [5.74, 6) is -0.953. The van der Waals surface area contributed by atoms with Gasteiger partial charge in [-0.15, -0.1) is 0 Å². The van der Waals surface area contributed by atoms with Crippen LogP contribution in [0.15, 0.2) is 60.1 Å². The number of Topliss-reactive ketones (excluding diaryl/α,β-unsaturated/α-hetero) is 1. The number of para-hydroxylation sites is 1. The van der Waals surface area contributed by atoms with Crippen LogP contribution in [-0.4, -0.2) is 22.6 Å². The average Bonchev–Trinajstić information content (AvgIpc) is 2.68. The van der Waals surface area contributed by atoms with Crippen LogP contribution in [0.1, 0.15) is 47.5 Å². The third-order valence-electron chi connectivity index (χ3n) is 5.19. The summed E-state index contributed by atoms with van der Waals surface area (Å²) in [5, 5.41) is 0. The Morgan fingerprint density at radius 2 is 1.81 bits per heavy atom. The Kier molecular flexibility index (Phi) is 4.32. The van der Waals surface area contributed by atoms with Gasteiger partial charge in [0.2, 0.25) is 5.91 Å². The summed E-state index contributed by atoms with van der Waals surface area (Å²) in [7, 11) is 0. The fraction of sp³-hybridized carbons (Fsp3) is 0.238. The van der Waals surface area contributed by atoms with Crippen molar-refractivity contribution in [3.63, 3.8) is 0 Å². The molecule has 2 heterocycles. The summed E-state index contributed by atoms with van der Waals surface area (Å²) in [6.45, 7) is 0. The van der Waals surface area contributed by atoms with E-state index in [0.717, 1.165) is 5.56 Å². The number of nitrogens with two attached hydrogens (primary N) is 1. The largest absolute Gasteiger partial charge is 0.366 e. The lowest BCUT2D eigenvalue weighted by Crippen LogP contribution is -2.41. The van der Waals surface area contributed by atoms with Gasteiger partial charge in [-0.25, -0.2) is 0 Å². The smallest absolute Gasteiger partial charge is 0.250 e. The lowest BCUT2D eigenvalue weighted by molar-refractivity contribution is -0.119. The zero-order valence-corrected chi connectivity index (χ0v) is 14.7. The third kappa shape index (κ3) is 2.93. The van der Waals surface area contributed by atoms with Gasteiger partial charge in [0, 0.05) is 42.4 Å². The Morgan fingerprint density at radius 3 is 2.56 bits per heavy atom. The number of amides is 2. The standard InChI is InChI=1S/C21H19N3O3/c22-21(27)14-4-1-2-5-16(14)24-17-6-3-7-18(25)20(17)15(12-19(24)26)13-8-10-23-11-9-13/h1-2,4-5,8-11,15H,3,6-7,12H2,(H2,22,27). The van der Waals surface area contributed by atoms with Gasteiger partial charge in [-0.05, 0) is 42.7 Å². The van der Waals surface area contributed by atoms with E-state index in [1.54, 1.807) is 36.7 Å². The topological polar surface area (TPSA) is 93.4 Å². The lowest BCUT2D eigenvalue weighted by atomic mass is 9.77. The number of hydrogen-bond donors (Lipinski definition) is 1. The average molecular weight is 361 g/mol. The van der Waals surface area contributed by atoms with Gasteiger partial charge < -0.3 is 5.73 Å². The predicted octanol–water partition coefficient (Wildman–Crippen LogP) is 2.71. The minimum absolute atomic E-state index is 0.0621. The summed E-state index contributed by atoms with van der Waals surface area (Å²) in [6, 6.07) is 10.5. The molecule has 27 heavy (non-hydrogen) atoms. The van der Waals surface area contributed by atoms with Crippen LogP contribution in [0.2, 0.25) is 0 Å². The molecule has 136 valence electrons. The first kappa shape index (κ1) is 17.1. The van der Waals surface area contributed by atoms with E-state index in [4.69, 9.17) is 5.73 Å². The van der Waals surface area contributed by atoms with Gasteiger partial charge >= 0.3 is 0 Å². The summed E-state index contributed by atoms with van der Waals surface area (Å²) in [6.07, 6.45) is 5.27. The van der Waals surface area contributed by atoms with Crippen molar-refractivity contribution in [1.82, 2.24) is 4.98 Å². The Labute approximate surface area is 156 Å². The minimum atomic E-state index is -0.598. The number of anilines is 1. The number of rotatable bonds is 3. The summed E-state index contributed by atoms with van der Waals surface area (Å²) >= 11 is 0. The van der Waals surface area contributed by atoms with Crippen molar-refractivity contribution in [3.8, 4) is 0 Å². The van der Waals surface area contributed by atoms with Crippen LogP contribution in [0.25, 0.3) is 0 Å². The molecule has 2 aromatic rings. The van der Waals surface area contributed by atoms with Crippen molar-refractivity contribution in [2.75, 3.05) is 4.90 Å². The molecule has 2 amide bonds. The molecule has 2 aliphatic rings. The highest BCUT2D eigenvalue weighted by Gasteiger charge is 2.40. The first-order valence-electron chi connectivity index (χ1n) is 8.96. The maximum Gasteiger partial charge on any atom is 0.250 e. The maximum absolute atomic E-state index is 13.1. The van der Waals surface area contributed by atoms with E-state index < -0.39 is 5.91 Å². The molecule has 1 unspecified atom stereocenters. The van der Waals surface area contributed by atoms with Crippen molar-refractivity contribution in [3.05, 3.63) is 71.2 Å². The van der Waals surface area contributed by atoms with Crippen molar-refractivity contribution in [1.29, 1.82) is 0 Å². The summed E-state index contributed by atoms with van der Waals surface area (Å²) in [5.41, 5.74) is 8.51. The quantitative estimate of drug-likeness (QED) is 0.909. The summed E-state index contributed by atoms with van der Waals surface area (Å²) in [4.78, 5) is 43.4. The zero-order valence-electron chi connectivity index (χ0n) is 14.7.